The van der Waals surface area contributed by atoms with Crippen LogP contribution in [0, 0.1) is 5.92 Å². The summed E-state index contributed by atoms with van der Waals surface area (Å²) >= 11 is 0. The van der Waals surface area contributed by atoms with E-state index in [2.05, 4.69) is 0 Å². The van der Waals surface area contributed by atoms with Gasteiger partial charge in [-0.25, -0.2) is 4.79 Å². The summed E-state index contributed by atoms with van der Waals surface area (Å²) < 4.78 is 0. The number of aliphatic hydroxyl groups is 3. The van der Waals surface area contributed by atoms with Crippen LogP contribution in [0.1, 0.15) is 13.3 Å². The molecule has 6 N–H and O–H groups in total. The topological polar surface area (TPSA) is 173 Å². The van der Waals surface area contributed by atoms with Crippen molar-refractivity contribution in [1.29, 1.82) is 0 Å². The maximum Gasteiger partial charge on any atom is 0.337 e. The van der Waals surface area contributed by atoms with Crippen LogP contribution < -0.4 is 0 Å². The highest BCUT2D eigenvalue weighted by Crippen LogP contribution is 2.27. The Hall–Kier alpha value is -1.71. The van der Waals surface area contributed by atoms with E-state index in [0.717, 1.165) is 6.92 Å². The molecule has 0 heterocycles. The molecule has 0 saturated carbocycles. The molecule has 0 spiro atoms. The summed E-state index contributed by atoms with van der Waals surface area (Å²) in [5.41, 5.74) is -3.23. The first-order valence-corrected chi connectivity index (χ1v) is 4.80. The van der Waals surface area contributed by atoms with Gasteiger partial charge >= 0.3 is 17.9 Å². The Morgan fingerprint density at radius 2 is 1.56 bits per heavy atom. The summed E-state index contributed by atoms with van der Waals surface area (Å²) in [6, 6.07) is 0. The van der Waals surface area contributed by atoms with Gasteiger partial charge in [-0.15, -0.1) is 0 Å². The summed E-state index contributed by atoms with van der Waals surface area (Å²) in [6.45, 7) is 0.976. The number of carboxylic acids is 3. The first-order valence-electron chi connectivity index (χ1n) is 4.80. The molecule has 0 bridgehead atoms. The highest BCUT2D eigenvalue weighted by molar-refractivity contribution is 5.90. The molecule has 104 valence electrons. The zero-order valence-corrected chi connectivity index (χ0v) is 9.35. The maximum absolute atomic E-state index is 10.9. The third kappa shape index (κ3) is 3.39. The number of hydrogen-bond donors (Lipinski definition) is 6. The highest BCUT2D eigenvalue weighted by atomic mass is 16.4. The van der Waals surface area contributed by atoms with Crippen molar-refractivity contribution in [2.45, 2.75) is 31.2 Å². The number of aliphatic hydroxyl groups excluding tert-OH is 2. The van der Waals surface area contributed by atoms with E-state index >= 15 is 0 Å². The molecule has 0 fully saturated rings. The number of carboxylic acid groups (broad SMARTS) is 3. The van der Waals surface area contributed by atoms with Crippen LogP contribution in [0.3, 0.4) is 0 Å². The minimum Gasteiger partial charge on any atom is -0.481 e. The second kappa shape index (κ2) is 5.76. The maximum atomic E-state index is 10.9. The molecule has 0 aliphatic heterocycles. The van der Waals surface area contributed by atoms with Gasteiger partial charge in [-0.2, -0.15) is 0 Å². The molecule has 0 aliphatic rings. The van der Waals surface area contributed by atoms with Crippen LogP contribution in [-0.4, -0.2) is 66.4 Å². The molecule has 0 saturated heterocycles. The lowest BCUT2D eigenvalue weighted by atomic mass is 9.79. The highest BCUT2D eigenvalue weighted by Gasteiger charge is 2.54. The van der Waals surface area contributed by atoms with Gasteiger partial charge in [-0.1, -0.05) is 0 Å². The van der Waals surface area contributed by atoms with E-state index in [-0.39, 0.29) is 0 Å². The summed E-state index contributed by atoms with van der Waals surface area (Å²) in [7, 11) is 0. The quantitative estimate of drug-likeness (QED) is 0.296. The first-order chi connectivity index (χ1) is 8.04. The van der Waals surface area contributed by atoms with Crippen molar-refractivity contribution >= 4 is 17.9 Å². The van der Waals surface area contributed by atoms with E-state index < -0.39 is 48.1 Å². The lowest BCUT2D eigenvalue weighted by molar-refractivity contribution is -0.190. The largest absolute Gasteiger partial charge is 0.481 e. The molecular weight excluding hydrogens is 252 g/mol. The Balaban J connectivity index is 5.58. The molecule has 0 aromatic rings. The Morgan fingerprint density at radius 1 is 1.11 bits per heavy atom. The van der Waals surface area contributed by atoms with Crippen LogP contribution in [-0.2, 0) is 14.4 Å². The molecule has 0 aliphatic carbocycles. The fourth-order valence-corrected chi connectivity index (χ4v) is 1.46. The van der Waals surface area contributed by atoms with E-state index in [4.69, 9.17) is 20.4 Å². The van der Waals surface area contributed by atoms with E-state index in [0.29, 0.717) is 0 Å². The molecule has 4 atom stereocenters. The van der Waals surface area contributed by atoms with Gasteiger partial charge in [-0.05, 0) is 6.92 Å². The van der Waals surface area contributed by atoms with Crippen LogP contribution >= 0.6 is 0 Å². The minimum atomic E-state index is -3.23. The molecule has 0 aromatic carbocycles. The summed E-state index contributed by atoms with van der Waals surface area (Å²) in [5, 5.41) is 54.2. The average Bonchev–Trinajstić information content (AvgIpc) is 2.14. The van der Waals surface area contributed by atoms with Gasteiger partial charge in [0.25, 0.3) is 0 Å². The molecule has 0 rings (SSSR count). The van der Waals surface area contributed by atoms with Crippen molar-refractivity contribution in [3.63, 3.8) is 0 Å². The Kier molecular flexibility index (Phi) is 5.21. The molecule has 4 unspecified atom stereocenters. The third-order valence-corrected chi connectivity index (χ3v) is 2.41. The summed E-state index contributed by atoms with van der Waals surface area (Å²) in [6.07, 6.45) is -5.22. The van der Waals surface area contributed by atoms with Crippen LogP contribution in [0.4, 0.5) is 0 Å². The number of aliphatic carboxylic acids is 3. The SMILES string of the molecule is CC(O)C(O)C(C(=O)O)C(O)(CC(=O)O)C(=O)O. The van der Waals surface area contributed by atoms with Crippen molar-refractivity contribution < 1.29 is 45.0 Å². The zero-order valence-electron chi connectivity index (χ0n) is 9.35. The molecule has 0 aromatic heterocycles. The molecule has 18 heavy (non-hydrogen) atoms. The summed E-state index contributed by atoms with van der Waals surface area (Å²) in [5.74, 6) is -8.19. The fourth-order valence-electron chi connectivity index (χ4n) is 1.46. The van der Waals surface area contributed by atoms with Crippen molar-refractivity contribution in [3.8, 4) is 0 Å². The van der Waals surface area contributed by atoms with Crippen LogP contribution in [0.5, 0.6) is 0 Å². The van der Waals surface area contributed by atoms with Crippen molar-refractivity contribution in [3.05, 3.63) is 0 Å². The van der Waals surface area contributed by atoms with Gasteiger partial charge in [0.05, 0.1) is 18.6 Å². The smallest absolute Gasteiger partial charge is 0.337 e. The molecule has 9 nitrogen and oxygen atoms in total. The van der Waals surface area contributed by atoms with Crippen molar-refractivity contribution in [1.82, 2.24) is 0 Å². The fraction of sp³-hybridized carbons (Fsp3) is 0.667. The third-order valence-electron chi connectivity index (χ3n) is 2.41. The molecule has 0 radical (unpaired) electrons. The van der Waals surface area contributed by atoms with Crippen molar-refractivity contribution in [2.24, 2.45) is 5.92 Å². The number of rotatable bonds is 7. The van der Waals surface area contributed by atoms with Gasteiger partial charge < -0.3 is 30.6 Å². The van der Waals surface area contributed by atoms with Gasteiger partial charge in [0.15, 0.2) is 5.60 Å². The van der Waals surface area contributed by atoms with Gasteiger partial charge in [0.1, 0.15) is 5.92 Å². The lowest BCUT2D eigenvalue weighted by Crippen LogP contribution is -2.57. The predicted octanol–water partition coefficient (Wildman–Crippen LogP) is -2.28. The normalized spacial score (nSPS) is 19.3. The Labute approximate surface area is 101 Å². The monoisotopic (exact) mass is 266 g/mol. The van der Waals surface area contributed by atoms with Gasteiger partial charge in [0, 0.05) is 0 Å². The van der Waals surface area contributed by atoms with Crippen molar-refractivity contribution in [2.75, 3.05) is 0 Å². The summed E-state index contributed by atoms with van der Waals surface area (Å²) in [4.78, 5) is 32.2. The second-order valence-electron chi connectivity index (χ2n) is 3.85. The van der Waals surface area contributed by atoms with Crippen LogP contribution in [0.2, 0.25) is 0 Å². The van der Waals surface area contributed by atoms with Crippen LogP contribution in [0.25, 0.3) is 0 Å². The zero-order chi connectivity index (χ0) is 14.7. The molecule has 9 heteroatoms. The molecule has 0 amide bonds. The Morgan fingerprint density at radius 3 is 1.78 bits per heavy atom. The van der Waals surface area contributed by atoms with E-state index in [1.54, 1.807) is 0 Å². The lowest BCUT2D eigenvalue weighted by Gasteiger charge is -2.32. The minimum absolute atomic E-state index is 0.976. The van der Waals surface area contributed by atoms with Gasteiger partial charge in [-0.3, -0.25) is 9.59 Å². The number of carbonyl (C=O) groups is 3. The molecular formula is C9H14O9. The Bertz CT molecular complexity index is 350. The van der Waals surface area contributed by atoms with E-state index in [1.807, 2.05) is 0 Å². The first kappa shape index (κ1) is 16.3. The van der Waals surface area contributed by atoms with E-state index in [1.165, 1.54) is 0 Å². The van der Waals surface area contributed by atoms with Crippen LogP contribution in [0.15, 0.2) is 0 Å². The van der Waals surface area contributed by atoms with E-state index in [9.17, 15) is 24.6 Å². The standard InChI is InChI=1S/C9H14O9/c1-3(10)6(13)5(7(14)15)9(18,8(16)17)2-4(11)12/h3,5-6,10,13,18H,2H2,1H3,(H,11,12)(H,14,15)(H,16,17). The van der Waals surface area contributed by atoms with Gasteiger partial charge in [0.2, 0.25) is 0 Å². The predicted molar refractivity (Wildman–Crippen MR) is 53.7 cm³/mol. The second-order valence-corrected chi connectivity index (χ2v) is 3.85. The number of hydrogen-bond acceptors (Lipinski definition) is 6. The average molecular weight is 266 g/mol.